The molecule has 2 aliphatic carbocycles. The molecule has 4 fully saturated rings. The van der Waals surface area contributed by atoms with Gasteiger partial charge in [-0.05, 0) is 63.9 Å². The van der Waals surface area contributed by atoms with Crippen molar-refractivity contribution in [2.75, 3.05) is 13.2 Å². The van der Waals surface area contributed by atoms with Crippen molar-refractivity contribution in [3.05, 3.63) is 41.2 Å². The quantitative estimate of drug-likeness (QED) is 0.331. The predicted octanol–water partition coefficient (Wildman–Crippen LogP) is 4.71. The first-order chi connectivity index (χ1) is 22.8. The number of ether oxygens (including phenoxy) is 1. The van der Waals surface area contributed by atoms with Crippen LogP contribution in [-0.2, 0) is 27.9 Å². The molecule has 16 heteroatoms. The Kier molecular flexibility index (Phi) is 8.43. The summed E-state index contributed by atoms with van der Waals surface area (Å²) in [6.07, 6.45) is 1.19. The molecule has 3 aromatic rings. The van der Waals surface area contributed by atoms with Gasteiger partial charge in [0.25, 0.3) is 11.7 Å². The fraction of sp³-hybridized carbons (Fsp3) is 0.688. The third-order valence-corrected chi connectivity index (χ3v) is 10.8. The maximum absolute atomic E-state index is 14.2. The number of halogens is 5. The maximum atomic E-state index is 14.2. The second-order valence-corrected chi connectivity index (χ2v) is 13.9. The van der Waals surface area contributed by atoms with Crippen molar-refractivity contribution in [2.45, 2.75) is 107 Å². The van der Waals surface area contributed by atoms with Crippen LogP contribution in [0.25, 0.3) is 5.78 Å². The molecular weight excluding hydrogens is 639 g/mol. The summed E-state index contributed by atoms with van der Waals surface area (Å²) in [5.41, 5.74) is 1.17. The van der Waals surface area contributed by atoms with E-state index < -0.39 is 53.8 Å². The molecule has 260 valence electrons. The summed E-state index contributed by atoms with van der Waals surface area (Å²) >= 11 is 0. The lowest BCUT2D eigenvalue weighted by atomic mass is 9.72. The highest BCUT2D eigenvalue weighted by Crippen LogP contribution is 2.47. The van der Waals surface area contributed by atoms with Crippen LogP contribution >= 0.6 is 0 Å². The number of hydrogen-bond donors (Lipinski definition) is 2. The van der Waals surface area contributed by atoms with Gasteiger partial charge in [-0.15, -0.1) is 0 Å². The molecule has 0 radical (unpaired) electrons. The van der Waals surface area contributed by atoms with Crippen LogP contribution in [0.5, 0.6) is 0 Å². The van der Waals surface area contributed by atoms with Gasteiger partial charge in [-0.3, -0.25) is 14.3 Å². The first-order valence-electron chi connectivity index (χ1n) is 16.8. The zero-order valence-corrected chi connectivity index (χ0v) is 26.6. The summed E-state index contributed by atoms with van der Waals surface area (Å²) in [7, 11) is 0. The molecule has 2 bridgehead atoms. The van der Waals surface area contributed by atoms with Crippen molar-refractivity contribution < 1.29 is 36.3 Å². The molecule has 2 N–H and O–H groups in total. The number of piperidine rings is 1. The highest BCUT2D eigenvalue weighted by Gasteiger charge is 2.49. The molecular formula is C32H39F5N8O3. The van der Waals surface area contributed by atoms with Gasteiger partial charge >= 0.3 is 6.18 Å². The number of rotatable bonds is 8. The molecule has 3 aromatic heterocycles. The van der Waals surface area contributed by atoms with E-state index >= 15 is 0 Å². The molecule has 7 rings (SSSR count). The van der Waals surface area contributed by atoms with Crippen molar-refractivity contribution >= 4 is 17.6 Å². The van der Waals surface area contributed by atoms with Gasteiger partial charge in [0.15, 0.2) is 0 Å². The number of imidazole rings is 1. The molecule has 2 saturated heterocycles. The van der Waals surface area contributed by atoms with E-state index in [-0.39, 0.29) is 56.3 Å². The van der Waals surface area contributed by atoms with Crippen LogP contribution in [0.1, 0.15) is 98.3 Å². The van der Waals surface area contributed by atoms with E-state index in [1.54, 1.807) is 12.3 Å². The Labute approximate surface area is 273 Å². The van der Waals surface area contributed by atoms with Crippen LogP contribution in [-0.4, -0.2) is 72.5 Å². The Morgan fingerprint density at radius 1 is 1.19 bits per heavy atom. The monoisotopic (exact) mass is 678 g/mol. The second-order valence-electron chi connectivity index (χ2n) is 13.9. The van der Waals surface area contributed by atoms with Gasteiger partial charge in [0, 0.05) is 49.9 Å². The van der Waals surface area contributed by atoms with E-state index in [0.29, 0.717) is 42.3 Å². The summed E-state index contributed by atoms with van der Waals surface area (Å²) in [6.45, 7) is 2.23. The minimum Gasteiger partial charge on any atom is -0.377 e. The number of nitrogens with zero attached hydrogens (tertiary/aromatic N) is 6. The van der Waals surface area contributed by atoms with Crippen LogP contribution < -0.4 is 10.6 Å². The zero-order valence-electron chi connectivity index (χ0n) is 26.6. The summed E-state index contributed by atoms with van der Waals surface area (Å²) in [6, 6.07) is 0.842. The van der Waals surface area contributed by atoms with Gasteiger partial charge in [-0.2, -0.15) is 23.4 Å². The molecule has 48 heavy (non-hydrogen) atoms. The van der Waals surface area contributed by atoms with Crippen molar-refractivity contribution in [1.29, 1.82) is 0 Å². The molecule has 11 nitrogen and oxygen atoms in total. The van der Waals surface area contributed by atoms with Gasteiger partial charge in [0.2, 0.25) is 11.8 Å². The topological polar surface area (TPSA) is 128 Å². The smallest absolute Gasteiger partial charge is 0.377 e. The number of carbonyl (C=O) groups excluding carboxylic acids is 2. The van der Waals surface area contributed by atoms with Crippen LogP contribution in [0.4, 0.5) is 22.0 Å². The molecule has 2 unspecified atom stereocenters. The highest BCUT2D eigenvalue weighted by molar-refractivity contribution is 5.92. The Morgan fingerprint density at radius 3 is 2.73 bits per heavy atom. The third kappa shape index (κ3) is 6.27. The number of carbonyl (C=O) groups is 2. The van der Waals surface area contributed by atoms with Crippen LogP contribution in [0, 0.1) is 17.8 Å². The molecule has 2 aliphatic heterocycles. The molecule has 5 heterocycles. The Hall–Kier alpha value is -3.69. The molecule has 4 aliphatic rings. The van der Waals surface area contributed by atoms with E-state index in [4.69, 9.17) is 19.8 Å². The number of amides is 2. The van der Waals surface area contributed by atoms with Crippen molar-refractivity contribution in [2.24, 2.45) is 17.8 Å². The maximum Gasteiger partial charge on any atom is 0.393 e. The Morgan fingerprint density at radius 2 is 1.98 bits per heavy atom. The normalized spacial score (nSPS) is 28.4. The number of nitrogens with one attached hydrogen (secondary N) is 2. The highest BCUT2D eigenvalue weighted by atomic mass is 19.4. The zero-order chi connectivity index (χ0) is 33.8. The van der Waals surface area contributed by atoms with E-state index in [1.807, 2.05) is 6.92 Å². The number of hydrogen-bond acceptors (Lipinski definition) is 7. The molecule has 2 amide bonds. The molecule has 2 saturated carbocycles. The fourth-order valence-electron chi connectivity index (χ4n) is 8.11. The number of fused-ring (bicyclic) bond motifs is 3. The minimum absolute atomic E-state index is 0.0353. The van der Waals surface area contributed by atoms with E-state index in [2.05, 4.69) is 15.7 Å². The SMILES string of the molecule is CCn1nccc1C(=O)N[C@H](c1cn2nc(C[C@H]3C[C@@H](C(F)(F)F)CNC3=O)c(C34CCCC(C3)OC4)nc2n1)C1CCC(F)(F)CC1. The van der Waals surface area contributed by atoms with E-state index in [9.17, 15) is 31.5 Å². The summed E-state index contributed by atoms with van der Waals surface area (Å²) in [5, 5.41) is 14.5. The summed E-state index contributed by atoms with van der Waals surface area (Å²) < 4.78 is 78.5. The predicted molar refractivity (Wildman–Crippen MR) is 160 cm³/mol. The average Bonchev–Trinajstić information content (AvgIpc) is 3.77. The van der Waals surface area contributed by atoms with Gasteiger partial charge in [0.1, 0.15) is 5.69 Å². The van der Waals surface area contributed by atoms with Crippen LogP contribution in [0.3, 0.4) is 0 Å². The lowest BCUT2D eigenvalue weighted by Crippen LogP contribution is -2.47. The van der Waals surface area contributed by atoms with Crippen LogP contribution in [0.15, 0.2) is 18.5 Å². The Balaban J connectivity index is 1.27. The van der Waals surface area contributed by atoms with E-state index in [0.717, 1.165) is 19.3 Å². The van der Waals surface area contributed by atoms with Crippen LogP contribution in [0.2, 0.25) is 0 Å². The molecule has 0 aromatic carbocycles. The molecule has 0 spiro atoms. The summed E-state index contributed by atoms with van der Waals surface area (Å²) in [5.74, 6) is -6.42. The number of alkyl halides is 5. The van der Waals surface area contributed by atoms with Crippen molar-refractivity contribution in [3.8, 4) is 0 Å². The fourth-order valence-corrected chi connectivity index (χ4v) is 8.11. The first kappa shape index (κ1) is 32.8. The van der Waals surface area contributed by atoms with Gasteiger partial charge < -0.3 is 15.4 Å². The Bertz CT molecular complexity index is 1680. The third-order valence-electron chi connectivity index (χ3n) is 10.8. The van der Waals surface area contributed by atoms with Crippen molar-refractivity contribution in [1.82, 2.24) is 40.0 Å². The lowest BCUT2D eigenvalue weighted by molar-refractivity contribution is -0.183. The number of aryl methyl sites for hydroxylation is 1. The first-order valence-corrected chi connectivity index (χ1v) is 16.8. The standard InChI is InChI=1S/C32H39F5N8O3/c1-2-44-24(7-11-39-44)28(47)41-25(18-5-9-31(33,34)10-6-18)23-16-45-29(40-23)42-26(30-8-3-4-21(14-30)48-17-30)22(43-45)13-19-12-20(32(35,36)37)15-38-27(19)46/h7,11,16,18-21,25H,2-6,8-10,12-15,17H2,1H3,(H,38,46)(H,41,47)/t19-,20-,21?,25+,30?/m1/s1. The van der Waals surface area contributed by atoms with Crippen molar-refractivity contribution in [3.63, 3.8) is 0 Å². The minimum atomic E-state index is -4.45. The average molecular weight is 679 g/mol. The molecule has 5 atom stereocenters. The van der Waals surface area contributed by atoms with Gasteiger partial charge in [-0.1, -0.05) is 0 Å². The van der Waals surface area contributed by atoms with E-state index in [1.165, 1.54) is 15.4 Å². The van der Waals surface area contributed by atoms with Gasteiger partial charge in [-0.25, -0.2) is 23.3 Å². The largest absolute Gasteiger partial charge is 0.393 e. The lowest BCUT2D eigenvalue weighted by Gasteiger charge is -2.33. The second kappa shape index (κ2) is 12.3. The summed E-state index contributed by atoms with van der Waals surface area (Å²) in [4.78, 5) is 36.1. The van der Waals surface area contributed by atoms with Gasteiger partial charge in [0.05, 0.1) is 47.9 Å². The number of aromatic nitrogens is 6.